The van der Waals surface area contributed by atoms with Gasteiger partial charge in [0.2, 0.25) is 0 Å². The number of hydrogen-bond donors (Lipinski definition) is 0. The van der Waals surface area contributed by atoms with Crippen LogP contribution >= 0.6 is 21.6 Å². The van der Waals surface area contributed by atoms with Crippen molar-refractivity contribution in [3.8, 4) is 0 Å². The Hall–Kier alpha value is 0.440. The molecule has 120 valence electrons. The van der Waals surface area contributed by atoms with Gasteiger partial charge in [-0.3, -0.25) is 0 Å². The van der Waals surface area contributed by atoms with Crippen LogP contribution in [0.25, 0.3) is 0 Å². The highest BCUT2D eigenvalue weighted by atomic mass is 33.1. The van der Waals surface area contributed by atoms with E-state index in [1.54, 1.807) is 0 Å². The van der Waals surface area contributed by atoms with Gasteiger partial charge in [0.15, 0.2) is 0 Å². The van der Waals surface area contributed by atoms with Crippen molar-refractivity contribution in [3.63, 3.8) is 0 Å². The molecule has 0 atom stereocenters. The fourth-order valence-corrected chi connectivity index (χ4v) is 4.44. The van der Waals surface area contributed by atoms with Crippen LogP contribution in [0.15, 0.2) is 12.7 Å². The van der Waals surface area contributed by atoms with E-state index in [-0.39, 0.29) is 0 Å². The van der Waals surface area contributed by atoms with Gasteiger partial charge in [-0.05, 0) is 25.2 Å². The second-order valence-corrected chi connectivity index (χ2v) is 8.79. The van der Waals surface area contributed by atoms with Gasteiger partial charge in [0.05, 0.1) is 0 Å². The van der Waals surface area contributed by atoms with Crippen LogP contribution < -0.4 is 0 Å². The Balaban J connectivity index is 2.94. The third-order valence-electron chi connectivity index (χ3n) is 3.48. The van der Waals surface area contributed by atoms with Gasteiger partial charge < -0.3 is 0 Å². The highest BCUT2D eigenvalue weighted by Gasteiger charge is 1.96. The van der Waals surface area contributed by atoms with Crippen molar-refractivity contribution >= 4 is 21.6 Å². The Kier molecular flexibility index (Phi) is 17.9. The van der Waals surface area contributed by atoms with Crippen LogP contribution in [0.1, 0.15) is 84.5 Å². The Morgan fingerprint density at radius 2 is 1.25 bits per heavy atom. The maximum atomic E-state index is 3.75. The Labute approximate surface area is 136 Å². The van der Waals surface area contributed by atoms with Gasteiger partial charge in [0, 0.05) is 11.5 Å². The highest BCUT2D eigenvalue weighted by molar-refractivity contribution is 8.76. The van der Waals surface area contributed by atoms with E-state index < -0.39 is 0 Å². The summed E-state index contributed by atoms with van der Waals surface area (Å²) in [7, 11) is 4.11. The molecule has 0 radical (unpaired) electrons. The zero-order chi connectivity index (χ0) is 14.9. The number of hydrogen-bond acceptors (Lipinski definition) is 2. The Bertz CT molecular complexity index is 190. The summed E-state index contributed by atoms with van der Waals surface area (Å²) in [4.78, 5) is 0. The molecule has 0 spiro atoms. The van der Waals surface area contributed by atoms with E-state index in [1.807, 2.05) is 16.9 Å². The molecular formula is C18H36S2. The molecule has 0 nitrogen and oxygen atoms in total. The number of unbranched alkanes of at least 4 members (excludes halogenated alkanes) is 8. The van der Waals surface area contributed by atoms with Gasteiger partial charge in [0.25, 0.3) is 0 Å². The van der Waals surface area contributed by atoms with E-state index in [9.17, 15) is 0 Å². The smallest absolute Gasteiger partial charge is 0.00398 e. The normalized spacial score (nSPS) is 11.2. The zero-order valence-corrected chi connectivity index (χ0v) is 15.5. The lowest BCUT2D eigenvalue weighted by atomic mass is 10.0. The molecule has 2 heteroatoms. The molecular weight excluding hydrogens is 280 g/mol. The summed E-state index contributed by atoms with van der Waals surface area (Å²) in [5.74, 6) is 3.52. The predicted molar refractivity (Wildman–Crippen MR) is 101 cm³/mol. The lowest BCUT2D eigenvalue weighted by Gasteiger charge is -2.04. The van der Waals surface area contributed by atoms with Gasteiger partial charge in [0.1, 0.15) is 0 Å². The van der Waals surface area contributed by atoms with Gasteiger partial charge >= 0.3 is 0 Å². The van der Waals surface area contributed by atoms with Gasteiger partial charge in [-0.15, -0.1) is 6.58 Å². The van der Waals surface area contributed by atoms with E-state index in [0.717, 1.165) is 5.92 Å². The summed E-state index contributed by atoms with van der Waals surface area (Å²) >= 11 is 0. The van der Waals surface area contributed by atoms with E-state index >= 15 is 0 Å². The number of allylic oxidation sites excluding steroid dienone is 1. The molecule has 0 aromatic heterocycles. The summed E-state index contributed by atoms with van der Waals surface area (Å²) in [5, 5.41) is 0. The van der Waals surface area contributed by atoms with Crippen LogP contribution in [-0.4, -0.2) is 11.5 Å². The maximum absolute atomic E-state index is 3.75. The van der Waals surface area contributed by atoms with Crippen molar-refractivity contribution in [1.29, 1.82) is 0 Å². The molecule has 0 aliphatic rings. The summed E-state index contributed by atoms with van der Waals surface area (Å²) in [6.07, 6.45) is 17.5. The lowest BCUT2D eigenvalue weighted by Crippen LogP contribution is -1.87. The monoisotopic (exact) mass is 316 g/mol. The third-order valence-corrected chi connectivity index (χ3v) is 6.06. The van der Waals surface area contributed by atoms with Crippen molar-refractivity contribution in [2.45, 2.75) is 84.5 Å². The summed E-state index contributed by atoms with van der Waals surface area (Å²) in [6, 6.07) is 0. The molecule has 0 N–H and O–H groups in total. The van der Waals surface area contributed by atoms with E-state index in [1.165, 1.54) is 82.1 Å². The predicted octanol–water partition coefficient (Wildman–Crippen LogP) is 7.50. The highest BCUT2D eigenvalue weighted by Crippen LogP contribution is 2.24. The molecule has 0 bridgehead atoms. The fraction of sp³-hybridized carbons (Fsp3) is 0.889. The molecule has 0 rings (SSSR count). The van der Waals surface area contributed by atoms with Crippen molar-refractivity contribution in [2.75, 3.05) is 11.5 Å². The summed E-state index contributed by atoms with van der Waals surface area (Å²) in [5.41, 5.74) is 0. The van der Waals surface area contributed by atoms with Gasteiger partial charge in [-0.2, -0.15) is 0 Å². The molecule has 0 unspecified atom stereocenters. The molecule has 0 aromatic rings. The zero-order valence-electron chi connectivity index (χ0n) is 13.9. The standard InChI is InChI=1S/C18H36S2/c1-4-5-13-16-19-20-17-14-11-9-7-6-8-10-12-15-18(2)3/h4,18H,1,5-17H2,2-3H3. The van der Waals surface area contributed by atoms with Crippen molar-refractivity contribution < 1.29 is 0 Å². The molecule has 0 aliphatic heterocycles. The molecule has 20 heavy (non-hydrogen) atoms. The van der Waals surface area contributed by atoms with E-state index in [2.05, 4.69) is 31.2 Å². The van der Waals surface area contributed by atoms with Crippen LogP contribution in [-0.2, 0) is 0 Å². The van der Waals surface area contributed by atoms with Crippen molar-refractivity contribution in [3.05, 3.63) is 12.7 Å². The summed E-state index contributed by atoms with van der Waals surface area (Å²) < 4.78 is 0. The van der Waals surface area contributed by atoms with E-state index in [0.29, 0.717) is 0 Å². The largest absolute Gasteiger partial charge is 0.103 e. The second-order valence-electron chi connectivity index (χ2n) is 6.09. The lowest BCUT2D eigenvalue weighted by molar-refractivity contribution is 0.509. The molecule has 0 aromatic carbocycles. The minimum atomic E-state index is 0.891. The minimum Gasteiger partial charge on any atom is -0.103 e. The van der Waals surface area contributed by atoms with Crippen LogP contribution in [0, 0.1) is 5.92 Å². The molecule has 0 saturated heterocycles. The molecule has 0 heterocycles. The first-order valence-corrected chi connectivity index (χ1v) is 11.1. The molecule has 0 fully saturated rings. The summed E-state index contributed by atoms with van der Waals surface area (Å²) in [6.45, 7) is 8.41. The van der Waals surface area contributed by atoms with Crippen LogP contribution in [0.3, 0.4) is 0 Å². The topological polar surface area (TPSA) is 0 Å². The SMILES string of the molecule is C=CCCCSSCCCCCCCCCCC(C)C. The average Bonchev–Trinajstić information content (AvgIpc) is 2.43. The number of rotatable bonds is 16. The fourth-order valence-electron chi connectivity index (χ4n) is 2.18. The van der Waals surface area contributed by atoms with Gasteiger partial charge in [-0.1, -0.05) is 92.9 Å². The average molecular weight is 317 g/mol. The molecule has 0 aliphatic carbocycles. The molecule has 0 amide bonds. The Morgan fingerprint density at radius 1 is 0.750 bits per heavy atom. The van der Waals surface area contributed by atoms with Crippen molar-refractivity contribution in [1.82, 2.24) is 0 Å². The Morgan fingerprint density at radius 3 is 1.80 bits per heavy atom. The third kappa shape index (κ3) is 18.4. The van der Waals surface area contributed by atoms with Crippen molar-refractivity contribution in [2.24, 2.45) is 5.92 Å². The first-order chi connectivity index (χ1) is 9.77. The molecule has 0 saturated carbocycles. The van der Waals surface area contributed by atoms with Crippen LogP contribution in [0.2, 0.25) is 0 Å². The minimum absolute atomic E-state index is 0.891. The second kappa shape index (κ2) is 17.5. The maximum Gasteiger partial charge on any atom is 0.00398 e. The van der Waals surface area contributed by atoms with Crippen LogP contribution in [0.5, 0.6) is 0 Å². The first-order valence-electron chi connectivity index (χ1n) is 8.62. The van der Waals surface area contributed by atoms with E-state index in [4.69, 9.17) is 0 Å². The van der Waals surface area contributed by atoms with Gasteiger partial charge in [-0.25, -0.2) is 0 Å². The quantitative estimate of drug-likeness (QED) is 0.164. The van der Waals surface area contributed by atoms with Crippen LogP contribution in [0.4, 0.5) is 0 Å². The first kappa shape index (κ1) is 20.4.